The van der Waals surface area contributed by atoms with Crippen LogP contribution in [-0.2, 0) is 23.8 Å². The predicted octanol–water partition coefficient (Wildman–Crippen LogP) is 15.2. The number of allylic oxidation sites excluding steroid dienone is 11. The van der Waals surface area contributed by atoms with Gasteiger partial charge in [0.05, 0.1) is 25.4 Å². The van der Waals surface area contributed by atoms with Crippen molar-refractivity contribution in [2.75, 3.05) is 13.2 Å². The van der Waals surface area contributed by atoms with Gasteiger partial charge < -0.3 is 45.1 Å². The molecule has 77 heavy (non-hydrogen) atoms. The van der Waals surface area contributed by atoms with E-state index in [1.807, 2.05) is 6.08 Å². The molecule has 1 rings (SSSR count). The highest BCUT2D eigenvalue weighted by Crippen LogP contribution is 2.26. The van der Waals surface area contributed by atoms with E-state index < -0.39 is 67.4 Å². The fourth-order valence-electron chi connectivity index (χ4n) is 9.51. The molecule has 8 atom stereocenters. The Morgan fingerprint density at radius 3 is 1.36 bits per heavy atom. The molecule has 11 heteroatoms. The second-order valence-electron chi connectivity index (χ2n) is 21.8. The Morgan fingerprint density at radius 2 is 0.896 bits per heavy atom. The molecular formula is C66H117NO10. The summed E-state index contributed by atoms with van der Waals surface area (Å²) in [5.41, 5.74) is 0. The van der Waals surface area contributed by atoms with E-state index in [4.69, 9.17) is 14.2 Å². The summed E-state index contributed by atoms with van der Waals surface area (Å²) in [6.45, 7) is 5.72. The summed E-state index contributed by atoms with van der Waals surface area (Å²) >= 11 is 0. The molecule has 1 heterocycles. The highest BCUT2D eigenvalue weighted by molar-refractivity contribution is 5.80. The Hall–Kier alpha value is -2.90. The molecule has 1 aliphatic heterocycles. The number of hydrogen-bond acceptors (Lipinski definition) is 10. The zero-order valence-corrected chi connectivity index (χ0v) is 49.3. The minimum Gasteiger partial charge on any atom is -0.454 e. The lowest BCUT2D eigenvalue weighted by atomic mass is 9.99. The molecule has 0 aromatic carbocycles. The van der Waals surface area contributed by atoms with Gasteiger partial charge in [0.25, 0.3) is 0 Å². The summed E-state index contributed by atoms with van der Waals surface area (Å²) in [5.74, 6) is -1.21. The van der Waals surface area contributed by atoms with Crippen LogP contribution in [0.2, 0.25) is 0 Å². The van der Waals surface area contributed by atoms with Gasteiger partial charge in [-0.3, -0.25) is 9.59 Å². The number of rotatable bonds is 53. The molecule has 6 N–H and O–H groups in total. The zero-order valence-electron chi connectivity index (χ0n) is 49.3. The lowest BCUT2D eigenvalue weighted by molar-refractivity contribution is -0.305. The number of carbonyl (C=O) groups is 2. The molecule has 1 fully saturated rings. The fraction of sp³-hybridized carbons (Fsp3) is 0.788. The SMILES string of the molecule is CCCCC/C=C\C/C=C\C/C=C\CCCCCCCCCCC(=O)OC1C(OCC(NC(=O)C(O)CCCCCCCC/C=C\C/C=C\CCCCC)C(O)/C=C/CCCCCCCCCCC)OC(CO)C(O)C1O. The molecule has 0 aliphatic carbocycles. The van der Waals surface area contributed by atoms with Crippen molar-refractivity contribution in [3.8, 4) is 0 Å². The lowest BCUT2D eigenvalue weighted by Crippen LogP contribution is -2.61. The first-order valence-corrected chi connectivity index (χ1v) is 31.7. The van der Waals surface area contributed by atoms with Crippen molar-refractivity contribution in [3.05, 3.63) is 72.9 Å². The van der Waals surface area contributed by atoms with Crippen LogP contribution in [0.25, 0.3) is 0 Å². The van der Waals surface area contributed by atoms with Crippen LogP contribution in [0.1, 0.15) is 271 Å². The standard InChI is InChI=1S/C66H117NO10/c1-4-7-10-13-16-19-22-24-26-28-29-30-31-32-34-36-39-42-45-48-51-54-61(71)77-64-63(73)62(72)60(55-68)76-66(64)75-56-57(58(69)52-49-46-43-40-37-21-18-15-12-9-6-3)67-65(74)59(70)53-50-47-44-41-38-35-33-27-25-23-20-17-14-11-8-5-2/h16-17,19-20,24-27,29-30,49,52,57-60,62-64,66,68-70,72-73H,4-15,18,21-23,28,31-48,50-51,53-56H2,1-3H3,(H,67,74)/b19-16-,20-17-,26-24-,27-25-,30-29-,52-49+. The number of aliphatic hydroxyl groups is 5. The number of aliphatic hydroxyl groups excluding tert-OH is 5. The van der Waals surface area contributed by atoms with E-state index in [2.05, 4.69) is 86.8 Å². The summed E-state index contributed by atoms with van der Waals surface area (Å²) in [4.78, 5) is 26.5. The molecule has 0 bridgehead atoms. The van der Waals surface area contributed by atoms with Crippen molar-refractivity contribution >= 4 is 11.9 Å². The Balaban J connectivity index is 2.65. The van der Waals surface area contributed by atoms with Gasteiger partial charge in [-0.25, -0.2) is 0 Å². The molecule has 1 saturated heterocycles. The first-order chi connectivity index (χ1) is 37.7. The van der Waals surface area contributed by atoms with Crippen molar-refractivity contribution in [3.63, 3.8) is 0 Å². The van der Waals surface area contributed by atoms with Crippen LogP contribution in [0, 0.1) is 0 Å². The third-order valence-electron chi connectivity index (χ3n) is 14.6. The van der Waals surface area contributed by atoms with Gasteiger partial charge in [0, 0.05) is 6.42 Å². The van der Waals surface area contributed by atoms with Crippen LogP contribution in [0.15, 0.2) is 72.9 Å². The first kappa shape index (κ1) is 72.1. The summed E-state index contributed by atoms with van der Waals surface area (Å²) < 4.78 is 17.6. The summed E-state index contributed by atoms with van der Waals surface area (Å²) in [5, 5.41) is 57.0. The number of ether oxygens (including phenoxy) is 3. The van der Waals surface area contributed by atoms with Crippen molar-refractivity contribution in [1.29, 1.82) is 0 Å². The summed E-state index contributed by atoms with van der Waals surface area (Å²) in [6, 6.07) is -1.03. The number of nitrogens with one attached hydrogen (secondary N) is 1. The monoisotopic (exact) mass is 1080 g/mol. The highest BCUT2D eigenvalue weighted by atomic mass is 16.7. The third-order valence-corrected chi connectivity index (χ3v) is 14.6. The van der Waals surface area contributed by atoms with Crippen molar-refractivity contribution in [2.45, 2.75) is 320 Å². The van der Waals surface area contributed by atoms with Gasteiger partial charge in [-0.1, -0.05) is 241 Å². The maximum absolute atomic E-state index is 13.4. The minimum absolute atomic E-state index is 0.112. The molecule has 0 aromatic heterocycles. The fourth-order valence-corrected chi connectivity index (χ4v) is 9.51. The Bertz CT molecular complexity index is 1530. The molecule has 446 valence electrons. The second-order valence-corrected chi connectivity index (χ2v) is 21.8. The largest absolute Gasteiger partial charge is 0.454 e. The topological polar surface area (TPSA) is 175 Å². The number of unbranched alkanes of at least 4 members (excludes halogenated alkanes) is 29. The van der Waals surface area contributed by atoms with Crippen molar-refractivity contribution < 1.29 is 49.3 Å². The van der Waals surface area contributed by atoms with Gasteiger partial charge in [-0.05, 0) is 96.3 Å². The summed E-state index contributed by atoms with van der Waals surface area (Å²) in [6.07, 6.45) is 57.9. The Labute approximate surface area is 471 Å². The number of esters is 1. The van der Waals surface area contributed by atoms with E-state index in [1.54, 1.807) is 6.08 Å². The quantitative estimate of drug-likeness (QED) is 0.0195. The predicted molar refractivity (Wildman–Crippen MR) is 319 cm³/mol. The van der Waals surface area contributed by atoms with E-state index in [0.29, 0.717) is 12.8 Å². The molecule has 1 amide bonds. The highest BCUT2D eigenvalue weighted by Gasteiger charge is 2.47. The van der Waals surface area contributed by atoms with Crippen LogP contribution in [0.4, 0.5) is 0 Å². The van der Waals surface area contributed by atoms with Gasteiger partial charge in [0.2, 0.25) is 5.91 Å². The maximum Gasteiger partial charge on any atom is 0.306 e. The average Bonchev–Trinajstić information content (AvgIpc) is 3.43. The second kappa shape index (κ2) is 53.7. The van der Waals surface area contributed by atoms with E-state index in [0.717, 1.165) is 109 Å². The molecule has 0 saturated carbocycles. The first-order valence-electron chi connectivity index (χ1n) is 31.7. The van der Waals surface area contributed by atoms with E-state index >= 15 is 0 Å². The van der Waals surface area contributed by atoms with Crippen molar-refractivity contribution in [1.82, 2.24) is 5.32 Å². The normalized spacial score (nSPS) is 19.5. The third kappa shape index (κ3) is 41.7. The summed E-state index contributed by atoms with van der Waals surface area (Å²) in [7, 11) is 0. The maximum atomic E-state index is 13.4. The van der Waals surface area contributed by atoms with Gasteiger partial charge in [-0.15, -0.1) is 0 Å². The van der Waals surface area contributed by atoms with Crippen LogP contribution in [-0.4, -0.2) is 99.6 Å². The molecule has 0 aromatic rings. The molecule has 1 aliphatic rings. The van der Waals surface area contributed by atoms with Crippen LogP contribution < -0.4 is 5.32 Å². The Kier molecular flexibility index (Phi) is 50.3. The smallest absolute Gasteiger partial charge is 0.306 e. The van der Waals surface area contributed by atoms with Crippen LogP contribution in [0.3, 0.4) is 0 Å². The van der Waals surface area contributed by atoms with Gasteiger partial charge in [0.15, 0.2) is 12.4 Å². The number of amides is 1. The van der Waals surface area contributed by atoms with Gasteiger partial charge >= 0.3 is 5.97 Å². The molecule has 0 radical (unpaired) electrons. The van der Waals surface area contributed by atoms with Gasteiger partial charge in [-0.2, -0.15) is 0 Å². The number of hydrogen-bond donors (Lipinski definition) is 6. The lowest BCUT2D eigenvalue weighted by Gasteiger charge is -2.41. The average molecular weight is 1080 g/mol. The van der Waals surface area contributed by atoms with Crippen molar-refractivity contribution in [2.24, 2.45) is 0 Å². The van der Waals surface area contributed by atoms with E-state index in [9.17, 15) is 35.1 Å². The molecular weight excluding hydrogens is 967 g/mol. The zero-order chi connectivity index (χ0) is 56.1. The molecule has 11 nitrogen and oxygen atoms in total. The number of carbonyl (C=O) groups excluding carboxylic acids is 2. The molecule has 0 spiro atoms. The van der Waals surface area contributed by atoms with Crippen LogP contribution in [0.5, 0.6) is 0 Å². The van der Waals surface area contributed by atoms with Crippen LogP contribution >= 0.6 is 0 Å². The minimum atomic E-state index is -1.62. The van der Waals surface area contributed by atoms with E-state index in [-0.39, 0.29) is 19.4 Å². The van der Waals surface area contributed by atoms with E-state index in [1.165, 1.54) is 116 Å². The molecule has 8 unspecified atom stereocenters. The van der Waals surface area contributed by atoms with Gasteiger partial charge in [0.1, 0.15) is 24.4 Å². The Morgan fingerprint density at radius 1 is 0.506 bits per heavy atom.